The van der Waals surface area contributed by atoms with Gasteiger partial charge in [-0.25, -0.2) is 9.97 Å². The highest BCUT2D eigenvalue weighted by atomic mass is 32.2. The van der Waals surface area contributed by atoms with Crippen molar-refractivity contribution in [2.24, 2.45) is 0 Å². The van der Waals surface area contributed by atoms with Crippen molar-refractivity contribution >= 4 is 40.1 Å². The molecular weight excluding hydrogens is 470 g/mol. The molecule has 8 nitrogen and oxygen atoms in total. The third kappa shape index (κ3) is 6.24. The summed E-state index contributed by atoms with van der Waals surface area (Å²) >= 11 is 2.45. The van der Waals surface area contributed by atoms with Crippen LogP contribution in [0.4, 0.5) is 5.13 Å². The molecule has 0 spiro atoms. The number of nitrogens with zero attached hydrogens (tertiary/aromatic N) is 4. The minimum absolute atomic E-state index is 0.0739. The highest BCUT2D eigenvalue weighted by Crippen LogP contribution is 2.29. The Hall–Kier alpha value is -3.63. The lowest BCUT2D eigenvalue weighted by Gasteiger charge is -2.09. The highest BCUT2D eigenvalue weighted by molar-refractivity contribution is 7.99. The molecule has 0 bridgehead atoms. The van der Waals surface area contributed by atoms with Crippen molar-refractivity contribution in [3.05, 3.63) is 71.7 Å². The molecule has 2 heterocycles. The fourth-order valence-electron chi connectivity index (χ4n) is 3.05. The standard InChI is InChI=1S/C24H21N5O3S2/c1-2-32-20(31)13-18-14-33-23(25-18)26-19(30)15-34-24-27-21(16-9-5-3-6-10-16)22(28-29-24)17-11-7-4-8-12-17/h3-12,14H,2,13,15H2,1H3,(H,25,26,30). The predicted molar refractivity (Wildman–Crippen MR) is 133 cm³/mol. The number of hydrogen-bond donors (Lipinski definition) is 1. The minimum Gasteiger partial charge on any atom is -0.466 e. The van der Waals surface area contributed by atoms with E-state index in [1.54, 1.807) is 12.3 Å². The lowest BCUT2D eigenvalue weighted by molar-refractivity contribution is -0.142. The number of ether oxygens (including phenoxy) is 1. The van der Waals surface area contributed by atoms with Crippen molar-refractivity contribution in [2.45, 2.75) is 18.5 Å². The van der Waals surface area contributed by atoms with Crippen LogP contribution in [0, 0.1) is 0 Å². The molecule has 1 amide bonds. The number of rotatable bonds is 9. The maximum absolute atomic E-state index is 12.4. The van der Waals surface area contributed by atoms with E-state index in [1.807, 2.05) is 60.7 Å². The Bertz CT molecular complexity index is 1270. The molecule has 0 radical (unpaired) electrons. The Morgan fingerprint density at radius 3 is 2.29 bits per heavy atom. The van der Waals surface area contributed by atoms with E-state index in [0.29, 0.717) is 34.0 Å². The average molecular weight is 492 g/mol. The van der Waals surface area contributed by atoms with Crippen LogP contribution in [-0.2, 0) is 20.7 Å². The SMILES string of the molecule is CCOC(=O)Cc1csc(NC(=O)CSc2nnc(-c3ccccc3)c(-c3ccccc3)n2)n1. The highest BCUT2D eigenvalue weighted by Gasteiger charge is 2.15. The molecule has 0 aliphatic heterocycles. The van der Waals surface area contributed by atoms with Crippen LogP contribution < -0.4 is 5.32 Å². The first-order valence-electron chi connectivity index (χ1n) is 10.5. The van der Waals surface area contributed by atoms with Gasteiger partial charge in [-0.2, -0.15) is 0 Å². The minimum atomic E-state index is -0.348. The van der Waals surface area contributed by atoms with Crippen LogP contribution in [0.15, 0.2) is 71.2 Å². The van der Waals surface area contributed by atoms with Crippen LogP contribution in [0.3, 0.4) is 0 Å². The third-order valence-corrected chi connectivity index (χ3v) is 6.17. The Morgan fingerprint density at radius 2 is 1.62 bits per heavy atom. The molecule has 1 N–H and O–H groups in total. The Morgan fingerprint density at radius 1 is 0.941 bits per heavy atom. The number of carbonyl (C=O) groups is 2. The topological polar surface area (TPSA) is 107 Å². The third-order valence-electron chi connectivity index (χ3n) is 4.52. The molecular formula is C24H21N5O3S2. The fraction of sp³-hybridized carbons (Fsp3) is 0.167. The number of aromatic nitrogens is 4. The molecule has 10 heteroatoms. The normalized spacial score (nSPS) is 10.6. The van der Waals surface area contributed by atoms with Crippen LogP contribution in [0.5, 0.6) is 0 Å². The second-order valence-corrected chi connectivity index (χ2v) is 8.79. The fourth-order valence-corrected chi connectivity index (χ4v) is 4.36. The van der Waals surface area contributed by atoms with E-state index >= 15 is 0 Å². The van der Waals surface area contributed by atoms with Crippen LogP contribution in [0.2, 0.25) is 0 Å². The molecule has 0 saturated heterocycles. The summed E-state index contributed by atoms with van der Waals surface area (Å²) in [5, 5.41) is 13.9. The molecule has 2 aromatic heterocycles. The van der Waals surface area contributed by atoms with Gasteiger partial charge in [0.05, 0.1) is 24.5 Å². The molecule has 0 fully saturated rings. The maximum Gasteiger partial charge on any atom is 0.311 e. The largest absolute Gasteiger partial charge is 0.466 e. The van der Waals surface area contributed by atoms with Gasteiger partial charge in [-0.3, -0.25) is 9.59 Å². The van der Waals surface area contributed by atoms with Gasteiger partial charge in [-0.05, 0) is 6.92 Å². The van der Waals surface area contributed by atoms with Gasteiger partial charge in [0.25, 0.3) is 0 Å². The summed E-state index contributed by atoms with van der Waals surface area (Å²) in [4.78, 5) is 33.0. The van der Waals surface area contributed by atoms with Crippen molar-refractivity contribution in [1.29, 1.82) is 0 Å². The summed E-state index contributed by atoms with van der Waals surface area (Å²) in [6.07, 6.45) is 0.0739. The molecule has 2 aromatic carbocycles. The monoisotopic (exact) mass is 491 g/mol. The summed E-state index contributed by atoms with van der Waals surface area (Å²) < 4.78 is 4.92. The molecule has 0 saturated carbocycles. The summed E-state index contributed by atoms with van der Waals surface area (Å²) in [5.41, 5.74) is 3.77. The number of thioether (sulfide) groups is 1. The van der Waals surface area contributed by atoms with Crippen LogP contribution in [-0.4, -0.2) is 44.4 Å². The number of nitrogens with one attached hydrogen (secondary N) is 1. The molecule has 34 heavy (non-hydrogen) atoms. The number of hydrogen-bond acceptors (Lipinski definition) is 9. The van der Waals surface area contributed by atoms with Gasteiger partial charge in [0.2, 0.25) is 11.1 Å². The Kier molecular flexibility index (Phi) is 7.95. The van der Waals surface area contributed by atoms with Crippen LogP contribution >= 0.6 is 23.1 Å². The van der Waals surface area contributed by atoms with Gasteiger partial charge in [-0.1, -0.05) is 72.4 Å². The van der Waals surface area contributed by atoms with Crippen molar-refractivity contribution in [1.82, 2.24) is 20.2 Å². The average Bonchev–Trinajstić information content (AvgIpc) is 3.30. The van der Waals surface area contributed by atoms with Crippen LogP contribution in [0.1, 0.15) is 12.6 Å². The first kappa shape index (κ1) is 23.5. The Balaban J connectivity index is 1.44. The first-order valence-corrected chi connectivity index (χ1v) is 12.4. The van der Waals surface area contributed by atoms with E-state index in [2.05, 4.69) is 20.5 Å². The second-order valence-electron chi connectivity index (χ2n) is 6.99. The summed E-state index contributed by atoms with van der Waals surface area (Å²) in [7, 11) is 0. The van der Waals surface area contributed by atoms with E-state index in [1.165, 1.54) is 23.1 Å². The molecule has 0 atom stereocenters. The number of anilines is 1. The number of esters is 1. The Labute approximate surface area is 204 Å². The van der Waals surface area contributed by atoms with Gasteiger partial charge >= 0.3 is 5.97 Å². The van der Waals surface area contributed by atoms with Crippen molar-refractivity contribution in [2.75, 3.05) is 17.7 Å². The lowest BCUT2D eigenvalue weighted by atomic mass is 10.0. The zero-order valence-electron chi connectivity index (χ0n) is 18.3. The predicted octanol–water partition coefficient (Wildman–Crippen LogP) is 4.50. The van der Waals surface area contributed by atoms with Gasteiger partial charge in [0, 0.05) is 16.5 Å². The van der Waals surface area contributed by atoms with Gasteiger partial charge in [0.1, 0.15) is 11.4 Å². The van der Waals surface area contributed by atoms with E-state index < -0.39 is 0 Å². The van der Waals surface area contributed by atoms with E-state index in [4.69, 9.17) is 9.72 Å². The molecule has 4 rings (SSSR count). The smallest absolute Gasteiger partial charge is 0.311 e. The van der Waals surface area contributed by atoms with Gasteiger partial charge in [-0.15, -0.1) is 21.5 Å². The number of benzene rings is 2. The van der Waals surface area contributed by atoms with E-state index in [-0.39, 0.29) is 24.1 Å². The zero-order valence-corrected chi connectivity index (χ0v) is 19.9. The molecule has 4 aromatic rings. The zero-order chi connectivity index (χ0) is 23.8. The van der Waals surface area contributed by atoms with Gasteiger partial charge < -0.3 is 10.1 Å². The maximum atomic E-state index is 12.4. The second kappa shape index (κ2) is 11.5. The van der Waals surface area contributed by atoms with Gasteiger partial charge in [0.15, 0.2) is 5.13 Å². The first-order chi connectivity index (χ1) is 16.6. The molecule has 0 unspecified atom stereocenters. The summed E-state index contributed by atoms with van der Waals surface area (Å²) in [5.74, 6) is -0.508. The quantitative estimate of drug-likeness (QED) is 0.269. The van der Waals surface area contributed by atoms with E-state index in [0.717, 1.165) is 11.1 Å². The molecule has 172 valence electrons. The molecule has 0 aliphatic rings. The van der Waals surface area contributed by atoms with Crippen molar-refractivity contribution < 1.29 is 14.3 Å². The van der Waals surface area contributed by atoms with E-state index in [9.17, 15) is 9.59 Å². The van der Waals surface area contributed by atoms with Crippen molar-refractivity contribution in [3.8, 4) is 22.5 Å². The number of thiazole rings is 1. The van der Waals surface area contributed by atoms with Crippen LogP contribution in [0.25, 0.3) is 22.5 Å². The van der Waals surface area contributed by atoms with Crippen molar-refractivity contribution in [3.63, 3.8) is 0 Å². The number of amides is 1. The lowest BCUT2D eigenvalue weighted by Crippen LogP contribution is -2.14. The molecule has 0 aliphatic carbocycles. The summed E-state index contributed by atoms with van der Waals surface area (Å²) in [6.45, 7) is 2.07. The number of carbonyl (C=O) groups excluding carboxylic acids is 2. The summed E-state index contributed by atoms with van der Waals surface area (Å²) in [6, 6.07) is 19.5.